The first kappa shape index (κ1) is 34.9. The summed E-state index contributed by atoms with van der Waals surface area (Å²) in [4.78, 5) is 32.1. The SMILES string of the molecule is C1CC1.CC(C)n1nccc1C(=O)NCc1nc2ccc(CNC(=O)CC3CC(F)(F)C3)cc2[nH]1.COC(C)(C)C(F)(F)F. The summed E-state index contributed by atoms with van der Waals surface area (Å²) < 4.78 is 66.7. The van der Waals surface area contributed by atoms with Gasteiger partial charge in [0.2, 0.25) is 11.8 Å². The van der Waals surface area contributed by atoms with Gasteiger partial charge in [-0.25, -0.2) is 13.8 Å². The number of methoxy groups -OCH3 is 1. The van der Waals surface area contributed by atoms with Crippen molar-refractivity contribution in [3.05, 3.63) is 47.5 Å². The fourth-order valence-electron chi connectivity index (χ4n) is 4.04. The minimum atomic E-state index is -4.28. The van der Waals surface area contributed by atoms with E-state index in [1.807, 2.05) is 32.0 Å². The zero-order valence-electron chi connectivity index (χ0n) is 25.7. The summed E-state index contributed by atoms with van der Waals surface area (Å²) in [6.45, 7) is 6.40. The summed E-state index contributed by atoms with van der Waals surface area (Å²) in [5, 5.41) is 9.79. The standard InChI is InChI=1S/C22H26F2N6O2.C5H9F3O.C3H6/c1-13(2)30-18(5-6-27-30)21(32)26-12-19-28-16-4-3-14(7-17(16)29-19)11-25-20(31)8-15-9-22(23,24)10-15;1-4(2,9-3)5(6,7)8;1-2-3-1/h3-7,13,15H,8-12H2,1-2H3,(H,25,31)(H,26,32)(H,28,29);1-3H3;1-3H2. The van der Waals surface area contributed by atoms with Gasteiger partial charge in [0, 0.05) is 45.2 Å². The Morgan fingerprint density at radius 3 is 2.27 bits per heavy atom. The number of carbonyl (C=O) groups excluding carboxylic acids is 2. The molecule has 0 bridgehead atoms. The van der Waals surface area contributed by atoms with E-state index in [0.29, 0.717) is 18.1 Å². The molecule has 2 aromatic heterocycles. The van der Waals surface area contributed by atoms with Crippen LogP contribution in [0.4, 0.5) is 22.0 Å². The van der Waals surface area contributed by atoms with Crippen LogP contribution >= 0.6 is 0 Å². The van der Waals surface area contributed by atoms with Crippen LogP contribution in [0, 0.1) is 5.92 Å². The van der Waals surface area contributed by atoms with Crippen LogP contribution < -0.4 is 10.6 Å². The topological polar surface area (TPSA) is 114 Å². The number of fused-ring (bicyclic) bond motifs is 1. The molecule has 244 valence electrons. The molecule has 2 aliphatic rings. The minimum Gasteiger partial charge on any atom is -0.369 e. The van der Waals surface area contributed by atoms with Gasteiger partial charge in [0.15, 0.2) is 5.60 Å². The van der Waals surface area contributed by atoms with Crippen LogP contribution in [0.5, 0.6) is 0 Å². The number of aromatic nitrogens is 4. The Labute approximate surface area is 253 Å². The molecular weight excluding hydrogens is 587 g/mol. The second-order valence-electron chi connectivity index (χ2n) is 11.9. The van der Waals surface area contributed by atoms with Crippen LogP contribution in [0.3, 0.4) is 0 Å². The maximum absolute atomic E-state index is 12.9. The van der Waals surface area contributed by atoms with Crippen molar-refractivity contribution in [3.8, 4) is 0 Å². The second kappa shape index (κ2) is 14.5. The number of rotatable bonds is 9. The molecule has 0 aliphatic heterocycles. The third-order valence-corrected chi connectivity index (χ3v) is 7.09. The lowest BCUT2D eigenvalue weighted by molar-refractivity contribution is -0.255. The first-order chi connectivity index (χ1) is 20.5. The molecule has 3 aromatic rings. The predicted molar refractivity (Wildman–Crippen MR) is 155 cm³/mol. The molecule has 0 atom stereocenters. The molecule has 1 aromatic carbocycles. The van der Waals surface area contributed by atoms with Crippen LogP contribution in [-0.4, -0.2) is 56.4 Å². The van der Waals surface area contributed by atoms with E-state index in [4.69, 9.17) is 0 Å². The molecule has 2 amide bonds. The molecular formula is C30H41F5N6O3. The minimum absolute atomic E-state index is 0.0746. The van der Waals surface area contributed by atoms with Gasteiger partial charge >= 0.3 is 6.18 Å². The molecule has 2 saturated carbocycles. The number of alkyl halides is 5. The van der Waals surface area contributed by atoms with Gasteiger partial charge in [-0.05, 0) is 57.4 Å². The number of hydrogen-bond acceptors (Lipinski definition) is 5. The number of ether oxygens (including phenoxy) is 1. The second-order valence-corrected chi connectivity index (χ2v) is 11.9. The van der Waals surface area contributed by atoms with Crippen LogP contribution in [0.25, 0.3) is 11.0 Å². The Morgan fingerprint density at radius 2 is 1.75 bits per heavy atom. The number of imidazole rings is 1. The van der Waals surface area contributed by atoms with Gasteiger partial charge in [0.25, 0.3) is 5.91 Å². The highest BCUT2D eigenvalue weighted by Crippen LogP contribution is 2.43. The number of nitrogens with one attached hydrogen (secondary N) is 3. The molecule has 0 unspecified atom stereocenters. The lowest BCUT2D eigenvalue weighted by Gasteiger charge is -2.34. The summed E-state index contributed by atoms with van der Waals surface area (Å²) in [5.41, 5.74) is 0.859. The number of nitrogens with zero attached hydrogens (tertiary/aromatic N) is 3. The van der Waals surface area contributed by atoms with E-state index in [1.165, 1.54) is 19.3 Å². The first-order valence-corrected chi connectivity index (χ1v) is 14.6. The van der Waals surface area contributed by atoms with Gasteiger partial charge in [-0.15, -0.1) is 0 Å². The van der Waals surface area contributed by atoms with Gasteiger partial charge in [-0.1, -0.05) is 25.3 Å². The summed E-state index contributed by atoms with van der Waals surface area (Å²) in [5.74, 6) is -2.69. The zero-order valence-corrected chi connectivity index (χ0v) is 25.7. The van der Waals surface area contributed by atoms with Crippen molar-refractivity contribution >= 4 is 22.8 Å². The Bertz CT molecular complexity index is 1390. The van der Waals surface area contributed by atoms with Crippen LogP contribution in [0.2, 0.25) is 0 Å². The number of hydrogen-bond donors (Lipinski definition) is 3. The lowest BCUT2D eigenvalue weighted by Crippen LogP contribution is -2.40. The van der Waals surface area contributed by atoms with E-state index in [-0.39, 0.29) is 49.6 Å². The molecule has 0 spiro atoms. The molecule has 2 fully saturated rings. The predicted octanol–water partition coefficient (Wildman–Crippen LogP) is 6.47. The van der Waals surface area contributed by atoms with E-state index in [0.717, 1.165) is 37.6 Å². The summed E-state index contributed by atoms with van der Waals surface area (Å²) in [7, 11) is 1.04. The normalized spacial score (nSPS) is 15.9. The van der Waals surface area contributed by atoms with Crippen molar-refractivity contribution in [1.29, 1.82) is 0 Å². The van der Waals surface area contributed by atoms with E-state index >= 15 is 0 Å². The molecule has 3 N–H and O–H groups in total. The summed E-state index contributed by atoms with van der Waals surface area (Å²) in [6, 6.07) is 7.30. The smallest absolute Gasteiger partial charge is 0.369 e. The zero-order chi connectivity index (χ0) is 32.7. The Kier molecular flexibility index (Phi) is 11.5. The molecule has 2 heterocycles. The van der Waals surface area contributed by atoms with Gasteiger partial charge < -0.3 is 20.4 Å². The maximum Gasteiger partial charge on any atom is 0.416 e. The fourth-order valence-corrected chi connectivity index (χ4v) is 4.04. The Balaban J connectivity index is 0.000000370. The molecule has 14 heteroatoms. The number of aromatic amines is 1. The monoisotopic (exact) mass is 628 g/mol. The highest BCUT2D eigenvalue weighted by Gasteiger charge is 2.47. The number of H-pyrrole nitrogens is 1. The van der Waals surface area contributed by atoms with Crippen LogP contribution in [-0.2, 0) is 22.6 Å². The highest BCUT2D eigenvalue weighted by atomic mass is 19.4. The van der Waals surface area contributed by atoms with Crippen molar-refractivity contribution in [2.24, 2.45) is 5.92 Å². The summed E-state index contributed by atoms with van der Waals surface area (Å²) in [6.07, 6.45) is 1.53. The van der Waals surface area contributed by atoms with Crippen molar-refractivity contribution in [1.82, 2.24) is 30.4 Å². The average molecular weight is 629 g/mol. The lowest BCUT2D eigenvalue weighted by atomic mass is 9.79. The van der Waals surface area contributed by atoms with Gasteiger partial charge in [0.05, 0.1) is 17.6 Å². The largest absolute Gasteiger partial charge is 0.416 e. The number of carbonyl (C=O) groups is 2. The number of benzene rings is 1. The third-order valence-electron chi connectivity index (χ3n) is 7.09. The Morgan fingerprint density at radius 1 is 1.09 bits per heavy atom. The van der Waals surface area contributed by atoms with E-state index in [2.05, 4.69) is 30.4 Å². The van der Waals surface area contributed by atoms with E-state index < -0.39 is 17.7 Å². The van der Waals surface area contributed by atoms with Crippen molar-refractivity contribution < 1.29 is 36.3 Å². The van der Waals surface area contributed by atoms with Crippen molar-refractivity contribution in [2.75, 3.05) is 7.11 Å². The molecule has 0 radical (unpaired) electrons. The molecule has 2 aliphatic carbocycles. The molecule has 9 nitrogen and oxygen atoms in total. The molecule has 0 saturated heterocycles. The van der Waals surface area contributed by atoms with Gasteiger partial charge in [-0.2, -0.15) is 18.3 Å². The van der Waals surface area contributed by atoms with Gasteiger partial charge in [-0.3, -0.25) is 14.3 Å². The third kappa shape index (κ3) is 10.3. The van der Waals surface area contributed by atoms with Crippen molar-refractivity contribution in [2.45, 2.75) is 103 Å². The van der Waals surface area contributed by atoms with Crippen molar-refractivity contribution in [3.63, 3.8) is 0 Å². The maximum atomic E-state index is 12.9. The highest BCUT2D eigenvalue weighted by molar-refractivity contribution is 5.92. The van der Waals surface area contributed by atoms with E-state index in [1.54, 1.807) is 16.9 Å². The quantitative estimate of drug-likeness (QED) is 0.235. The summed E-state index contributed by atoms with van der Waals surface area (Å²) >= 11 is 0. The van der Waals surface area contributed by atoms with Crippen LogP contribution in [0.1, 0.15) is 94.1 Å². The van der Waals surface area contributed by atoms with Crippen LogP contribution in [0.15, 0.2) is 30.5 Å². The fraction of sp³-hybridized carbons (Fsp3) is 0.600. The number of halogens is 5. The molecule has 5 rings (SSSR count). The Hall–Kier alpha value is -3.55. The van der Waals surface area contributed by atoms with Gasteiger partial charge in [0.1, 0.15) is 11.5 Å². The average Bonchev–Trinajstić information content (AvgIpc) is 3.62. The molecule has 44 heavy (non-hydrogen) atoms. The first-order valence-electron chi connectivity index (χ1n) is 14.6. The van der Waals surface area contributed by atoms with E-state index in [9.17, 15) is 31.5 Å². The number of amides is 2.